The first-order valence-electron chi connectivity index (χ1n) is 32.9. The number of nitrogens with zero attached hydrogens (tertiary/aromatic N) is 6. The summed E-state index contributed by atoms with van der Waals surface area (Å²) >= 11 is 0. The van der Waals surface area contributed by atoms with Crippen molar-refractivity contribution in [3.8, 4) is 0 Å². The highest BCUT2D eigenvalue weighted by Crippen LogP contribution is 2.50. The van der Waals surface area contributed by atoms with E-state index in [-0.39, 0.29) is 11.8 Å². The fourth-order valence-electron chi connectivity index (χ4n) is 15.2. The van der Waals surface area contributed by atoms with Crippen LogP contribution in [0.4, 0.5) is 57.1 Å². The predicted octanol–water partition coefficient (Wildman–Crippen LogP) is 19.5. The molecule has 0 N–H and O–H groups in total. The molecule has 0 amide bonds. The molecule has 93 heavy (non-hydrogen) atoms. The Hall–Kier alpha value is -10.4. The summed E-state index contributed by atoms with van der Waals surface area (Å²) in [5, 5.41) is 16.7. The van der Waals surface area contributed by atoms with Crippen LogP contribution in [-0.4, -0.2) is 26.1 Å². The molecule has 0 aliphatic heterocycles. The van der Waals surface area contributed by atoms with Gasteiger partial charge in [0.15, 0.2) is 0 Å². The van der Waals surface area contributed by atoms with E-state index in [1.807, 2.05) is 24.5 Å². The number of aromatic nitrogens is 2. The van der Waals surface area contributed by atoms with E-state index in [2.05, 4.69) is 333 Å². The van der Waals surface area contributed by atoms with E-state index in [4.69, 9.17) is 9.97 Å². The first kappa shape index (κ1) is 57.8. The number of para-hydroxylation sites is 2. The summed E-state index contributed by atoms with van der Waals surface area (Å²) in [6.07, 6.45) is 18.8. The Morgan fingerprint density at radius 2 is 0.892 bits per heavy atom. The van der Waals surface area contributed by atoms with Crippen LogP contribution in [0.2, 0.25) is 32.7 Å². The number of pyridine rings is 2. The van der Waals surface area contributed by atoms with Crippen LogP contribution in [0, 0.1) is 11.8 Å². The lowest BCUT2D eigenvalue weighted by molar-refractivity contribution is 0.594. The molecular formula is C85H74N6Si2. The van der Waals surface area contributed by atoms with Crippen molar-refractivity contribution in [2.75, 3.05) is 19.6 Å². The second kappa shape index (κ2) is 23.1. The monoisotopic (exact) mass is 1230 g/mol. The van der Waals surface area contributed by atoms with Crippen molar-refractivity contribution < 1.29 is 0 Å². The van der Waals surface area contributed by atoms with Gasteiger partial charge in [0.2, 0.25) is 0 Å². The van der Waals surface area contributed by atoms with Gasteiger partial charge in [-0.1, -0.05) is 226 Å². The first-order valence-corrected chi connectivity index (χ1v) is 39.4. The van der Waals surface area contributed by atoms with Crippen LogP contribution in [0.3, 0.4) is 0 Å². The zero-order chi connectivity index (χ0) is 63.1. The molecule has 3 atom stereocenters. The van der Waals surface area contributed by atoms with Gasteiger partial charge in [-0.25, -0.2) is 9.97 Å². The van der Waals surface area contributed by atoms with Crippen molar-refractivity contribution in [2.45, 2.75) is 58.9 Å². The summed E-state index contributed by atoms with van der Waals surface area (Å²) in [6.45, 7) is 17.0. The second-order valence-corrected chi connectivity index (χ2v) is 36.6. The predicted molar refractivity (Wildman–Crippen MR) is 402 cm³/mol. The molecule has 0 saturated heterocycles. The summed E-state index contributed by atoms with van der Waals surface area (Å²) in [6, 6.07) is 90.4. The minimum absolute atomic E-state index is 0.109. The highest BCUT2D eigenvalue weighted by Gasteiger charge is 2.37. The average molecular weight is 1240 g/mol. The van der Waals surface area contributed by atoms with E-state index in [1.165, 1.54) is 86.0 Å². The van der Waals surface area contributed by atoms with Crippen LogP contribution >= 0.6 is 0 Å². The van der Waals surface area contributed by atoms with Gasteiger partial charge in [0.25, 0.3) is 0 Å². The Bertz CT molecular complexity index is 5240. The van der Waals surface area contributed by atoms with Gasteiger partial charge in [0.05, 0.1) is 25.1 Å². The van der Waals surface area contributed by atoms with E-state index in [0.29, 0.717) is 5.92 Å². The third kappa shape index (κ3) is 9.98. The van der Waals surface area contributed by atoms with Gasteiger partial charge in [-0.15, -0.1) is 0 Å². The third-order valence-electron chi connectivity index (χ3n) is 20.0. The molecule has 3 aliphatic rings. The van der Waals surface area contributed by atoms with Gasteiger partial charge in [-0.3, -0.25) is 4.90 Å². The molecule has 2 aromatic heterocycles. The van der Waals surface area contributed by atoms with Crippen molar-refractivity contribution >= 4 is 144 Å². The first-order chi connectivity index (χ1) is 45.4. The lowest BCUT2D eigenvalue weighted by atomic mass is 9.74. The Morgan fingerprint density at radius 3 is 1.47 bits per heavy atom. The van der Waals surface area contributed by atoms with Gasteiger partial charge in [-0.05, 0) is 171 Å². The second-order valence-electron chi connectivity index (χ2n) is 27.1. The molecule has 2 heterocycles. The normalized spacial score (nSPS) is 16.0. The lowest BCUT2D eigenvalue weighted by Crippen LogP contribution is -2.52. The van der Waals surface area contributed by atoms with Crippen molar-refractivity contribution in [3.05, 3.63) is 307 Å². The SMILES string of the molecule is CC1CC=CC=C1N(C1=CC=c2ccc3c(N(c4cccc([Si](C)(C)c5ccc(N(c6ccccc6)c6ccc7ccc8c(N(c9ccccc9)c9ccc([Si](C)(C)C)cc9)ccc9ccc6c7c98)cc5)c4)c4ccccn4)ccc4c3c2C1C(C)C=4)c1ccccn1. The number of anilines is 10. The molecule has 0 spiro atoms. The summed E-state index contributed by atoms with van der Waals surface area (Å²) in [5.74, 6) is 2.52. The topological polar surface area (TPSA) is 38.7 Å². The minimum Gasteiger partial charge on any atom is -0.310 e. The van der Waals surface area contributed by atoms with Gasteiger partial charge in [0.1, 0.15) is 19.7 Å². The molecule has 0 fully saturated rings. The molecule has 0 bridgehead atoms. The zero-order valence-corrected chi connectivity index (χ0v) is 55.8. The summed E-state index contributed by atoms with van der Waals surface area (Å²) < 4.78 is 0. The lowest BCUT2D eigenvalue weighted by Gasteiger charge is -2.41. The maximum atomic E-state index is 5.11. The molecule has 8 heteroatoms. The number of rotatable bonds is 15. The van der Waals surface area contributed by atoms with Crippen LogP contribution in [0.1, 0.15) is 31.7 Å². The highest BCUT2D eigenvalue weighted by atomic mass is 28.3. The largest absolute Gasteiger partial charge is 0.310 e. The average Bonchev–Trinajstić information content (AvgIpc) is 2.17. The van der Waals surface area contributed by atoms with Crippen LogP contribution in [0.25, 0.3) is 55.2 Å². The molecular weight excluding hydrogens is 1160 g/mol. The summed E-state index contributed by atoms with van der Waals surface area (Å²) in [5.41, 5.74) is 12.9. The van der Waals surface area contributed by atoms with Gasteiger partial charge in [-0.2, -0.15) is 0 Å². The minimum atomic E-state index is -2.37. The smallest absolute Gasteiger partial charge is 0.137 e. The van der Waals surface area contributed by atoms with Crippen LogP contribution in [-0.2, 0) is 0 Å². The van der Waals surface area contributed by atoms with Gasteiger partial charge in [0, 0.05) is 80.2 Å². The Morgan fingerprint density at radius 1 is 0.387 bits per heavy atom. The van der Waals surface area contributed by atoms with E-state index < -0.39 is 16.1 Å². The molecule has 3 aliphatic carbocycles. The molecule has 452 valence electrons. The molecule has 0 saturated carbocycles. The molecule has 13 aromatic rings. The zero-order valence-electron chi connectivity index (χ0n) is 53.8. The summed E-state index contributed by atoms with van der Waals surface area (Å²) in [4.78, 5) is 19.9. The van der Waals surface area contributed by atoms with E-state index >= 15 is 0 Å². The Balaban J connectivity index is 0.769. The van der Waals surface area contributed by atoms with E-state index in [0.717, 1.165) is 63.6 Å². The maximum Gasteiger partial charge on any atom is 0.137 e. The van der Waals surface area contributed by atoms with Gasteiger partial charge < -0.3 is 14.7 Å². The molecule has 11 aromatic carbocycles. The highest BCUT2D eigenvalue weighted by molar-refractivity contribution is 7.00. The fourth-order valence-corrected chi connectivity index (χ4v) is 18.7. The van der Waals surface area contributed by atoms with E-state index in [9.17, 15) is 0 Å². The van der Waals surface area contributed by atoms with Crippen molar-refractivity contribution in [2.24, 2.45) is 11.8 Å². The summed E-state index contributed by atoms with van der Waals surface area (Å²) in [7, 11) is -3.88. The van der Waals surface area contributed by atoms with E-state index in [1.54, 1.807) is 0 Å². The number of hydrogen-bond acceptors (Lipinski definition) is 6. The molecule has 3 unspecified atom stereocenters. The number of allylic oxidation sites excluding steroid dienone is 6. The molecule has 16 rings (SSSR count). The van der Waals surface area contributed by atoms with Crippen LogP contribution < -0.4 is 45.6 Å². The van der Waals surface area contributed by atoms with Gasteiger partial charge >= 0.3 is 0 Å². The maximum absolute atomic E-state index is 5.11. The Kier molecular flexibility index (Phi) is 14.3. The standard InChI is InChI=1S/C85H74N6Si2/c1-57-21-14-15-28-74(57)91(80-30-17-19-54-87-80)78-52-36-61-33-48-73-77(51-37-62-55-58(2)81(78)85(61)84(62)73)90(79-29-16-18-53-86-79)67-26-20-27-70(56-67)93(6,7)69-44-40-66(41-45-69)89(64-24-12-9-13-25-64)76-50-35-60-31-46-71-75(49-34-59-32-47-72(76)83(60)82(59)71)88(63-22-10-8-11-23-63)65-38-42-68(43-39-65)92(3,4)5/h8-20,22-58,81H,21H2,1-7H3. The molecule has 6 nitrogen and oxygen atoms in total. The van der Waals surface area contributed by atoms with Crippen molar-refractivity contribution in [1.82, 2.24) is 9.97 Å². The molecule has 0 radical (unpaired) electrons. The third-order valence-corrected chi connectivity index (χ3v) is 25.6. The number of benzene rings is 11. The van der Waals surface area contributed by atoms with Crippen molar-refractivity contribution in [3.63, 3.8) is 0 Å². The fraction of sp³-hybridized carbons (Fsp3) is 0.129. The number of hydrogen-bond donors (Lipinski definition) is 0. The van der Waals surface area contributed by atoms with Crippen molar-refractivity contribution in [1.29, 1.82) is 0 Å². The van der Waals surface area contributed by atoms with Crippen LogP contribution in [0.5, 0.6) is 0 Å². The quantitative estimate of drug-likeness (QED) is 0.0752. The van der Waals surface area contributed by atoms with Crippen LogP contribution in [0.15, 0.2) is 291 Å². The Labute approximate surface area is 547 Å².